The first-order valence-corrected chi connectivity index (χ1v) is 13.3. The normalized spacial score (nSPS) is 18.3. The minimum Gasteiger partial charge on any atom is -0.300 e. The lowest BCUT2D eigenvalue weighted by molar-refractivity contribution is -0.118. The Morgan fingerprint density at radius 3 is 1.83 bits per heavy atom. The van der Waals surface area contributed by atoms with E-state index >= 15 is 0 Å². The van der Waals surface area contributed by atoms with Gasteiger partial charge in [0.05, 0.1) is 0 Å². The zero-order chi connectivity index (χ0) is 21.6. The van der Waals surface area contributed by atoms with Crippen molar-refractivity contribution in [3.05, 3.63) is 12.7 Å². The van der Waals surface area contributed by atoms with Crippen LogP contribution in [0.3, 0.4) is 0 Å². The van der Waals surface area contributed by atoms with E-state index in [1.54, 1.807) is 0 Å². The second kappa shape index (κ2) is 22.1. The van der Waals surface area contributed by atoms with E-state index in [0.29, 0.717) is 12.2 Å². The molecule has 0 radical (unpaired) electrons. The molecule has 1 aliphatic carbocycles. The molecular weight excluding hydrogens is 352 g/mol. The van der Waals surface area contributed by atoms with Crippen molar-refractivity contribution in [2.45, 2.75) is 149 Å². The van der Waals surface area contributed by atoms with Crippen LogP contribution in [0.4, 0.5) is 0 Å². The number of hydrogen-bond acceptors (Lipinski definition) is 1. The van der Waals surface area contributed by atoms with Crippen molar-refractivity contribution in [3.8, 4) is 0 Å². The third-order valence-electron chi connectivity index (χ3n) is 6.68. The molecular formula is C28H54O. The standard InChI is InChI=1S/C20H38.C8H16O/c1-3-5-7-9-11-13-16-20-18-14-17-19(20)15-12-10-8-6-4-2;1-3-5-6-7-8(9)4-2/h4,19-20H,2-3,5-18H2,1H3;3-7H2,1-2H3/t19-,20-;/m0./s1. The number of rotatable bonds is 18. The van der Waals surface area contributed by atoms with Gasteiger partial charge < -0.3 is 0 Å². The van der Waals surface area contributed by atoms with Crippen molar-refractivity contribution in [1.29, 1.82) is 0 Å². The Hall–Kier alpha value is -0.590. The average Bonchev–Trinajstić information content (AvgIpc) is 3.18. The highest BCUT2D eigenvalue weighted by atomic mass is 16.1. The molecule has 0 aromatic rings. The Bertz CT molecular complexity index is 359. The number of carbonyl (C=O) groups is 1. The summed E-state index contributed by atoms with van der Waals surface area (Å²) in [6.45, 7) is 10.2. The molecule has 0 spiro atoms. The maximum atomic E-state index is 10.7. The summed E-state index contributed by atoms with van der Waals surface area (Å²) in [5.74, 6) is 2.57. The maximum Gasteiger partial charge on any atom is 0.132 e. The largest absolute Gasteiger partial charge is 0.300 e. The Labute approximate surface area is 184 Å². The van der Waals surface area contributed by atoms with Crippen molar-refractivity contribution in [2.75, 3.05) is 0 Å². The van der Waals surface area contributed by atoms with Crippen LogP contribution in [0.25, 0.3) is 0 Å². The van der Waals surface area contributed by atoms with Crippen molar-refractivity contribution in [1.82, 2.24) is 0 Å². The quantitative estimate of drug-likeness (QED) is 0.163. The van der Waals surface area contributed by atoms with E-state index < -0.39 is 0 Å². The Morgan fingerprint density at radius 2 is 1.28 bits per heavy atom. The van der Waals surface area contributed by atoms with E-state index in [1.165, 1.54) is 109 Å². The van der Waals surface area contributed by atoms with E-state index in [0.717, 1.165) is 24.7 Å². The summed E-state index contributed by atoms with van der Waals surface area (Å²) in [6, 6.07) is 0. The third kappa shape index (κ3) is 17.9. The lowest BCUT2D eigenvalue weighted by Crippen LogP contribution is -2.08. The number of unbranched alkanes of at least 4 members (excludes halogenated alkanes) is 10. The molecule has 0 saturated heterocycles. The van der Waals surface area contributed by atoms with E-state index in [1.807, 2.05) is 6.92 Å². The maximum absolute atomic E-state index is 10.7. The molecule has 0 unspecified atom stereocenters. The van der Waals surface area contributed by atoms with Crippen LogP contribution >= 0.6 is 0 Å². The molecule has 1 rings (SSSR count). The van der Waals surface area contributed by atoms with Gasteiger partial charge in [0.15, 0.2) is 0 Å². The zero-order valence-corrected chi connectivity index (χ0v) is 20.5. The zero-order valence-electron chi connectivity index (χ0n) is 20.5. The van der Waals surface area contributed by atoms with Crippen LogP contribution in [-0.4, -0.2) is 5.78 Å². The minimum atomic E-state index is 0.406. The predicted molar refractivity (Wildman–Crippen MR) is 132 cm³/mol. The van der Waals surface area contributed by atoms with Gasteiger partial charge in [-0.2, -0.15) is 0 Å². The van der Waals surface area contributed by atoms with Crippen molar-refractivity contribution in [3.63, 3.8) is 0 Å². The van der Waals surface area contributed by atoms with Gasteiger partial charge in [-0.15, -0.1) is 6.58 Å². The molecule has 0 heterocycles. The number of Topliss-reactive ketones (excluding diaryl/α,β-unsaturated/α-hetero) is 1. The lowest BCUT2D eigenvalue weighted by Gasteiger charge is -2.19. The monoisotopic (exact) mass is 406 g/mol. The molecule has 1 aliphatic rings. The molecule has 0 amide bonds. The van der Waals surface area contributed by atoms with E-state index in [2.05, 4.69) is 26.5 Å². The second-order valence-corrected chi connectivity index (χ2v) is 9.28. The van der Waals surface area contributed by atoms with E-state index in [9.17, 15) is 4.79 Å². The van der Waals surface area contributed by atoms with Crippen LogP contribution in [-0.2, 0) is 4.79 Å². The van der Waals surface area contributed by atoms with Gasteiger partial charge in [-0.3, -0.25) is 4.79 Å². The molecule has 1 heteroatoms. The molecule has 1 fully saturated rings. The Morgan fingerprint density at radius 1 is 0.759 bits per heavy atom. The summed E-state index contributed by atoms with van der Waals surface area (Å²) in [7, 11) is 0. The number of carbonyl (C=O) groups excluding carboxylic acids is 1. The summed E-state index contributed by atoms with van der Waals surface area (Å²) in [4.78, 5) is 10.7. The number of allylic oxidation sites excluding steroid dienone is 1. The third-order valence-corrected chi connectivity index (χ3v) is 6.68. The van der Waals surface area contributed by atoms with Crippen LogP contribution in [0.1, 0.15) is 149 Å². The highest BCUT2D eigenvalue weighted by Gasteiger charge is 2.25. The predicted octanol–water partition coefficient (Wildman–Crippen LogP) is 9.84. The molecule has 0 aromatic heterocycles. The fraction of sp³-hybridized carbons (Fsp3) is 0.893. The highest BCUT2D eigenvalue weighted by molar-refractivity contribution is 5.77. The first kappa shape index (κ1) is 28.4. The Kier molecular flexibility index (Phi) is 21.7. The minimum absolute atomic E-state index is 0.406. The second-order valence-electron chi connectivity index (χ2n) is 9.28. The summed E-state index contributed by atoms with van der Waals surface area (Å²) < 4.78 is 0. The van der Waals surface area contributed by atoms with E-state index in [-0.39, 0.29) is 0 Å². The van der Waals surface area contributed by atoms with Crippen LogP contribution in [0.15, 0.2) is 12.7 Å². The van der Waals surface area contributed by atoms with Crippen molar-refractivity contribution < 1.29 is 4.79 Å². The van der Waals surface area contributed by atoms with Gasteiger partial charge in [-0.05, 0) is 31.1 Å². The van der Waals surface area contributed by atoms with Gasteiger partial charge in [0, 0.05) is 12.8 Å². The number of hydrogen-bond donors (Lipinski definition) is 0. The molecule has 29 heavy (non-hydrogen) atoms. The number of ketones is 1. The van der Waals surface area contributed by atoms with Crippen molar-refractivity contribution >= 4 is 5.78 Å². The molecule has 0 N–H and O–H groups in total. The smallest absolute Gasteiger partial charge is 0.132 e. The summed E-state index contributed by atoms with van der Waals surface area (Å²) >= 11 is 0. The van der Waals surface area contributed by atoms with Crippen molar-refractivity contribution in [2.24, 2.45) is 11.8 Å². The van der Waals surface area contributed by atoms with Gasteiger partial charge in [-0.25, -0.2) is 0 Å². The molecule has 0 aromatic carbocycles. The molecule has 0 aliphatic heterocycles. The van der Waals surface area contributed by atoms with Gasteiger partial charge in [0.25, 0.3) is 0 Å². The molecule has 172 valence electrons. The fourth-order valence-corrected chi connectivity index (χ4v) is 4.68. The van der Waals surface area contributed by atoms with Gasteiger partial charge >= 0.3 is 0 Å². The molecule has 0 bridgehead atoms. The molecule has 1 saturated carbocycles. The molecule has 1 nitrogen and oxygen atoms in total. The first-order valence-electron chi connectivity index (χ1n) is 13.3. The van der Waals surface area contributed by atoms with E-state index in [4.69, 9.17) is 0 Å². The Balaban J connectivity index is 0.000000734. The first-order chi connectivity index (χ1) is 14.2. The summed E-state index contributed by atoms with van der Waals surface area (Å²) in [5, 5.41) is 0. The van der Waals surface area contributed by atoms with Crippen LogP contribution in [0.5, 0.6) is 0 Å². The topological polar surface area (TPSA) is 17.1 Å². The average molecular weight is 407 g/mol. The van der Waals surface area contributed by atoms with Crippen LogP contribution < -0.4 is 0 Å². The van der Waals surface area contributed by atoms with Gasteiger partial charge in [0.2, 0.25) is 0 Å². The van der Waals surface area contributed by atoms with Crippen LogP contribution in [0.2, 0.25) is 0 Å². The SMILES string of the molecule is C=CCCCCC[C@H]1CCC[C@@H]1CCCCCCCC.CCCCCC(=O)CC. The highest BCUT2D eigenvalue weighted by Crippen LogP contribution is 2.38. The van der Waals surface area contributed by atoms with Gasteiger partial charge in [0.1, 0.15) is 5.78 Å². The fourth-order valence-electron chi connectivity index (χ4n) is 4.68. The lowest BCUT2D eigenvalue weighted by atomic mass is 9.87. The summed E-state index contributed by atoms with van der Waals surface area (Å²) in [6.07, 6.45) is 28.9. The van der Waals surface area contributed by atoms with Gasteiger partial charge in [-0.1, -0.05) is 123 Å². The summed E-state index contributed by atoms with van der Waals surface area (Å²) in [5.41, 5.74) is 0. The molecule has 2 atom stereocenters. The van der Waals surface area contributed by atoms with Crippen LogP contribution in [0, 0.1) is 11.8 Å².